The number of imidazole rings is 1. The van der Waals surface area contributed by atoms with Crippen molar-refractivity contribution in [2.45, 2.75) is 25.3 Å². The maximum absolute atomic E-state index is 8.91. The first-order valence-electron chi connectivity index (χ1n) is 5.14. The van der Waals surface area contributed by atoms with Gasteiger partial charge >= 0.3 is 0 Å². The summed E-state index contributed by atoms with van der Waals surface area (Å²) in [4.78, 5) is 8.39. The average Bonchev–Trinajstić information content (AvgIpc) is 2.68. The van der Waals surface area contributed by atoms with Gasteiger partial charge in [0, 0.05) is 5.69 Å². The summed E-state index contributed by atoms with van der Waals surface area (Å²) in [6.07, 6.45) is 2.78. The minimum atomic E-state index is 0.391. The molecule has 16 heavy (non-hydrogen) atoms. The minimum Gasteiger partial charge on any atom is -0.277 e. The summed E-state index contributed by atoms with van der Waals surface area (Å²) in [5.41, 5.74) is 1.96. The predicted octanol–water partition coefficient (Wildman–Crippen LogP) is 2.41. The third kappa shape index (κ3) is 1.89. The Morgan fingerprint density at radius 3 is 3.06 bits per heavy atom. The van der Waals surface area contributed by atoms with E-state index >= 15 is 0 Å². The van der Waals surface area contributed by atoms with E-state index in [1.54, 1.807) is 18.1 Å². The summed E-state index contributed by atoms with van der Waals surface area (Å²) in [6.45, 7) is 4.08. The molecular weight excluding hydrogens is 220 g/mol. The highest BCUT2D eigenvalue weighted by Gasteiger charge is 2.09. The van der Waals surface area contributed by atoms with Crippen molar-refractivity contribution in [3.63, 3.8) is 0 Å². The van der Waals surface area contributed by atoms with Gasteiger partial charge in [0.05, 0.1) is 5.03 Å². The molecule has 0 radical (unpaired) electrons. The minimum absolute atomic E-state index is 0.391. The van der Waals surface area contributed by atoms with Crippen molar-refractivity contribution < 1.29 is 0 Å². The third-order valence-corrected chi connectivity index (χ3v) is 3.38. The van der Waals surface area contributed by atoms with Crippen molar-refractivity contribution in [1.82, 2.24) is 14.4 Å². The molecule has 0 N–H and O–H groups in total. The van der Waals surface area contributed by atoms with Gasteiger partial charge in [-0.2, -0.15) is 5.26 Å². The molecule has 0 unspecified atom stereocenters. The van der Waals surface area contributed by atoms with Crippen LogP contribution in [0.5, 0.6) is 0 Å². The van der Waals surface area contributed by atoms with Crippen LogP contribution in [0.15, 0.2) is 17.4 Å². The fourth-order valence-corrected chi connectivity index (χ4v) is 2.39. The summed E-state index contributed by atoms with van der Waals surface area (Å²) in [7, 11) is 0. The monoisotopic (exact) mass is 232 g/mol. The zero-order valence-corrected chi connectivity index (χ0v) is 10.1. The molecule has 0 saturated heterocycles. The van der Waals surface area contributed by atoms with Crippen LogP contribution in [0.25, 0.3) is 5.65 Å². The van der Waals surface area contributed by atoms with Crippen LogP contribution in [0.3, 0.4) is 0 Å². The number of fused-ring (bicyclic) bond motifs is 1. The van der Waals surface area contributed by atoms with E-state index in [2.05, 4.69) is 23.0 Å². The van der Waals surface area contributed by atoms with Crippen molar-refractivity contribution in [2.75, 3.05) is 5.75 Å². The van der Waals surface area contributed by atoms with Crippen LogP contribution >= 0.6 is 11.8 Å². The molecule has 0 spiro atoms. The number of nitrogens with zero attached hydrogens (tertiary/aromatic N) is 4. The summed E-state index contributed by atoms with van der Waals surface area (Å²) in [5, 5.41) is 10.0. The molecule has 0 atom stereocenters. The van der Waals surface area contributed by atoms with Crippen LogP contribution in [-0.2, 0) is 0 Å². The molecule has 0 aliphatic rings. The highest BCUT2D eigenvalue weighted by molar-refractivity contribution is 7.99. The van der Waals surface area contributed by atoms with E-state index in [1.807, 2.05) is 17.4 Å². The Morgan fingerprint density at radius 1 is 1.56 bits per heavy atom. The van der Waals surface area contributed by atoms with Crippen molar-refractivity contribution in [3.8, 4) is 6.07 Å². The van der Waals surface area contributed by atoms with E-state index in [1.165, 1.54) is 0 Å². The second-order valence-corrected chi connectivity index (χ2v) is 4.60. The first kappa shape index (κ1) is 11.0. The summed E-state index contributed by atoms with van der Waals surface area (Å²) in [6, 6.07) is 4.08. The van der Waals surface area contributed by atoms with Crippen molar-refractivity contribution in [1.29, 1.82) is 5.26 Å². The molecule has 0 aliphatic carbocycles. The lowest BCUT2D eigenvalue weighted by atomic mass is 10.4. The van der Waals surface area contributed by atoms with Gasteiger partial charge < -0.3 is 0 Å². The molecule has 5 heteroatoms. The quantitative estimate of drug-likeness (QED) is 0.602. The lowest BCUT2D eigenvalue weighted by Gasteiger charge is -2.05. The average molecular weight is 232 g/mol. The van der Waals surface area contributed by atoms with E-state index in [0.29, 0.717) is 11.3 Å². The molecule has 2 rings (SSSR count). The number of hydrogen-bond acceptors (Lipinski definition) is 4. The van der Waals surface area contributed by atoms with E-state index in [9.17, 15) is 0 Å². The van der Waals surface area contributed by atoms with Crippen molar-refractivity contribution in [2.24, 2.45) is 0 Å². The fraction of sp³-hybridized carbons (Fsp3) is 0.364. The Bertz CT molecular complexity index is 553. The predicted molar refractivity (Wildman–Crippen MR) is 63.5 cm³/mol. The lowest BCUT2D eigenvalue weighted by Crippen LogP contribution is -1.95. The molecule has 0 bridgehead atoms. The zero-order chi connectivity index (χ0) is 11.5. The Kier molecular flexibility index (Phi) is 3.11. The molecule has 82 valence electrons. The Morgan fingerprint density at radius 2 is 2.38 bits per heavy atom. The van der Waals surface area contributed by atoms with Crippen LogP contribution in [0, 0.1) is 18.3 Å². The van der Waals surface area contributed by atoms with Crippen LogP contribution in [0.1, 0.15) is 24.7 Å². The van der Waals surface area contributed by atoms with Gasteiger partial charge in [0.25, 0.3) is 0 Å². The Labute approximate surface area is 98.3 Å². The largest absolute Gasteiger partial charge is 0.277 e. The molecule has 2 aromatic rings. The van der Waals surface area contributed by atoms with Gasteiger partial charge in [0.15, 0.2) is 11.3 Å². The highest BCUT2D eigenvalue weighted by atomic mass is 32.2. The van der Waals surface area contributed by atoms with Crippen LogP contribution < -0.4 is 0 Å². The van der Waals surface area contributed by atoms with Crippen LogP contribution in [-0.4, -0.2) is 20.1 Å². The maximum atomic E-state index is 8.91. The highest BCUT2D eigenvalue weighted by Crippen LogP contribution is 2.21. The van der Waals surface area contributed by atoms with Gasteiger partial charge in [-0.25, -0.2) is 9.97 Å². The molecule has 0 aliphatic heterocycles. The molecule has 2 aromatic heterocycles. The third-order valence-electron chi connectivity index (χ3n) is 2.15. The van der Waals surface area contributed by atoms with Crippen LogP contribution in [0.2, 0.25) is 0 Å². The Hall–Kier alpha value is -1.54. The number of aromatic nitrogens is 3. The number of thioether (sulfide) groups is 1. The van der Waals surface area contributed by atoms with Crippen LogP contribution in [0.4, 0.5) is 0 Å². The summed E-state index contributed by atoms with van der Waals surface area (Å²) < 4.78 is 1.88. The van der Waals surface area contributed by atoms with E-state index in [-0.39, 0.29) is 0 Å². The molecular formula is C11H12N4S. The SMILES string of the molecule is CCCSc1cc(C)nc2c(C#N)ncn12. The van der Waals surface area contributed by atoms with Gasteiger partial charge in [-0.15, -0.1) is 11.8 Å². The summed E-state index contributed by atoms with van der Waals surface area (Å²) >= 11 is 1.76. The number of aryl methyl sites for hydroxylation is 1. The molecule has 4 nitrogen and oxygen atoms in total. The summed E-state index contributed by atoms with van der Waals surface area (Å²) in [5.74, 6) is 1.05. The van der Waals surface area contributed by atoms with Gasteiger partial charge in [0.2, 0.25) is 0 Å². The molecule has 0 fully saturated rings. The van der Waals surface area contributed by atoms with Gasteiger partial charge in [-0.05, 0) is 25.2 Å². The molecule has 0 aromatic carbocycles. The van der Waals surface area contributed by atoms with E-state index in [4.69, 9.17) is 5.26 Å². The number of hydrogen-bond donors (Lipinski definition) is 0. The second kappa shape index (κ2) is 4.54. The van der Waals surface area contributed by atoms with Crippen molar-refractivity contribution in [3.05, 3.63) is 23.8 Å². The van der Waals surface area contributed by atoms with Crippen molar-refractivity contribution >= 4 is 17.4 Å². The maximum Gasteiger partial charge on any atom is 0.185 e. The van der Waals surface area contributed by atoms with Gasteiger partial charge in [0.1, 0.15) is 12.4 Å². The Balaban J connectivity index is 2.56. The topological polar surface area (TPSA) is 54.0 Å². The normalized spacial score (nSPS) is 10.6. The molecule has 0 amide bonds. The van der Waals surface area contributed by atoms with Gasteiger partial charge in [-0.1, -0.05) is 6.92 Å². The number of nitriles is 1. The molecule has 0 saturated carbocycles. The van der Waals surface area contributed by atoms with E-state index in [0.717, 1.165) is 22.9 Å². The van der Waals surface area contributed by atoms with E-state index < -0.39 is 0 Å². The fourth-order valence-electron chi connectivity index (χ4n) is 1.45. The number of rotatable bonds is 3. The first-order chi connectivity index (χ1) is 7.76. The first-order valence-corrected chi connectivity index (χ1v) is 6.12. The zero-order valence-electron chi connectivity index (χ0n) is 9.27. The lowest BCUT2D eigenvalue weighted by molar-refractivity contribution is 0.954. The second-order valence-electron chi connectivity index (χ2n) is 3.48. The smallest absolute Gasteiger partial charge is 0.185 e. The standard InChI is InChI=1S/C11H12N4S/c1-3-4-16-10-5-8(2)14-11-9(6-12)13-7-15(10)11/h5,7H,3-4H2,1-2H3. The van der Waals surface area contributed by atoms with Gasteiger partial charge in [-0.3, -0.25) is 4.40 Å². The molecule has 2 heterocycles.